The molecule has 0 saturated carbocycles. The Morgan fingerprint density at radius 1 is 0.647 bits per heavy atom. The van der Waals surface area contributed by atoms with E-state index in [0.29, 0.717) is 45.6 Å². The molecule has 1 heterocycles. The number of hydrogen-bond donors (Lipinski definition) is 2. The van der Waals surface area contributed by atoms with Gasteiger partial charge in [-0.05, 0) is 73.6 Å². The fraction of sp³-hybridized carbons (Fsp3) is 0.341. The van der Waals surface area contributed by atoms with Gasteiger partial charge in [-0.25, -0.2) is 14.4 Å². The molecule has 0 aliphatic carbocycles. The van der Waals surface area contributed by atoms with Gasteiger partial charge in [-0.2, -0.15) is 0 Å². The molecule has 51 heavy (non-hydrogen) atoms. The summed E-state index contributed by atoms with van der Waals surface area (Å²) < 4.78 is 16.4. The highest BCUT2D eigenvalue weighted by Gasteiger charge is 2.34. The van der Waals surface area contributed by atoms with Gasteiger partial charge in [0.25, 0.3) is 0 Å². The van der Waals surface area contributed by atoms with E-state index >= 15 is 0 Å². The quantitative estimate of drug-likeness (QED) is 0.149. The number of nitrogens with zero attached hydrogens (tertiary/aromatic N) is 2. The fourth-order valence-electron chi connectivity index (χ4n) is 5.79. The lowest BCUT2D eigenvalue weighted by Crippen LogP contribution is -2.52. The Bertz CT molecular complexity index is 1690. The van der Waals surface area contributed by atoms with Gasteiger partial charge < -0.3 is 29.7 Å². The molecular weight excluding hydrogens is 644 g/mol. The first-order chi connectivity index (χ1) is 24.6. The zero-order valence-corrected chi connectivity index (χ0v) is 29.7. The van der Waals surface area contributed by atoms with E-state index in [1.165, 1.54) is 0 Å². The Morgan fingerprint density at radius 3 is 1.63 bits per heavy atom. The molecule has 5 rings (SSSR count). The Hall–Kier alpha value is -5.51. The van der Waals surface area contributed by atoms with Crippen molar-refractivity contribution in [2.75, 3.05) is 37.6 Å². The van der Waals surface area contributed by atoms with E-state index < -0.39 is 17.8 Å². The third kappa shape index (κ3) is 11.8. The summed E-state index contributed by atoms with van der Waals surface area (Å²) in [6, 6.07) is 35.4. The summed E-state index contributed by atoms with van der Waals surface area (Å²) in [7, 11) is 0. The van der Waals surface area contributed by atoms with Crippen LogP contribution in [0.1, 0.15) is 54.6 Å². The molecule has 4 aromatic rings. The summed E-state index contributed by atoms with van der Waals surface area (Å²) in [5, 5.41) is 5.64. The Kier molecular flexibility index (Phi) is 12.9. The summed E-state index contributed by atoms with van der Waals surface area (Å²) >= 11 is 0. The van der Waals surface area contributed by atoms with Crippen LogP contribution in [0.25, 0.3) is 0 Å². The van der Waals surface area contributed by atoms with Gasteiger partial charge in [-0.3, -0.25) is 4.90 Å². The molecule has 4 aromatic carbocycles. The Morgan fingerprint density at radius 2 is 1.14 bits per heavy atom. The van der Waals surface area contributed by atoms with Gasteiger partial charge in [0.2, 0.25) is 0 Å². The monoisotopic (exact) mass is 692 g/mol. The molecule has 1 atom stereocenters. The average Bonchev–Trinajstić information content (AvgIpc) is 3.13. The van der Waals surface area contributed by atoms with Crippen molar-refractivity contribution in [2.45, 2.75) is 58.5 Å². The van der Waals surface area contributed by atoms with Gasteiger partial charge in [0.05, 0.1) is 6.04 Å². The van der Waals surface area contributed by atoms with E-state index in [0.717, 1.165) is 33.5 Å². The van der Waals surface area contributed by atoms with Crippen molar-refractivity contribution < 1.29 is 28.6 Å². The maximum atomic E-state index is 13.4. The van der Waals surface area contributed by atoms with Gasteiger partial charge in [0.15, 0.2) is 0 Å². The van der Waals surface area contributed by atoms with Crippen LogP contribution in [0.4, 0.5) is 20.1 Å². The highest BCUT2D eigenvalue weighted by Crippen LogP contribution is 2.30. The smallest absolute Gasteiger partial charge is 0.410 e. The first kappa shape index (κ1) is 36.8. The molecule has 10 heteroatoms. The van der Waals surface area contributed by atoms with E-state index in [2.05, 4.69) is 51.9 Å². The van der Waals surface area contributed by atoms with Crippen molar-refractivity contribution in [1.82, 2.24) is 15.5 Å². The van der Waals surface area contributed by atoms with Crippen LogP contribution in [0, 0.1) is 0 Å². The second-order valence-electron chi connectivity index (χ2n) is 13.5. The number of anilines is 1. The number of amides is 3. The van der Waals surface area contributed by atoms with Crippen LogP contribution in [0.3, 0.4) is 0 Å². The number of ether oxygens (including phenoxy) is 3. The SMILES string of the molecule is CC(C)(C)OC(=O)N1CCN(c2ccc(CCNC(=O)OCc3ccccc3)cc2)CC1c1ccc(CCNC(=O)OCc2ccccc2)cc1. The Balaban J connectivity index is 1.14. The molecule has 10 nitrogen and oxygen atoms in total. The molecule has 1 unspecified atom stereocenters. The number of hydrogen-bond acceptors (Lipinski definition) is 7. The fourth-order valence-corrected chi connectivity index (χ4v) is 5.79. The molecule has 0 radical (unpaired) electrons. The van der Waals surface area contributed by atoms with Gasteiger partial charge in [-0.15, -0.1) is 0 Å². The van der Waals surface area contributed by atoms with Gasteiger partial charge >= 0.3 is 18.3 Å². The predicted octanol–water partition coefficient (Wildman–Crippen LogP) is 7.42. The second-order valence-corrected chi connectivity index (χ2v) is 13.5. The number of benzene rings is 4. The van der Waals surface area contributed by atoms with Gasteiger partial charge in [0, 0.05) is 38.4 Å². The minimum Gasteiger partial charge on any atom is -0.445 e. The van der Waals surface area contributed by atoms with Crippen LogP contribution >= 0.6 is 0 Å². The number of piperazine rings is 1. The molecule has 1 fully saturated rings. The number of carbonyl (C=O) groups excluding carboxylic acids is 3. The van der Waals surface area contributed by atoms with Crippen LogP contribution < -0.4 is 15.5 Å². The van der Waals surface area contributed by atoms with Crippen LogP contribution in [-0.2, 0) is 40.3 Å². The van der Waals surface area contributed by atoms with Crippen LogP contribution in [0.15, 0.2) is 109 Å². The van der Waals surface area contributed by atoms with Crippen molar-refractivity contribution in [3.8, 4) is 0 Å². The van der Waals surface area contributed by atoms with Crippen molar-refractivity contribution in [3.63, 3.8) is 0 Å². The number of alkyl carbamates (subject to hydrolysis) is 2. The standard InChI is InChI=1S/C41H48N4O6/c1-41(2,3)51-40(48)45-27-26-44(36-20-16-32(17-21-36)23-25-43-39(47)50-30-34-12-8-5-9-13-34)28-37(45)35-18-14-31(15-19-35)22-24-42-38(46)49-29-33-10-6-4-7-11-33/h4-21,37H,22-30H2,1-3H3,(H,42,46)(H,43,47). The zero-order valence-electron chi connectivity index (χ0n) is 29.7. The average molecular weight is 693 g/mol. The van der Waals surface area contributed by atoms with E-state index in [1.807, 2.05) is 98.5 Å². The molecule has 2 N–H and O–H groups in total. The highest BCUT2D eigenvalue weighted by atomic mass is 16.6. The van der Waals surface area contributed by atoms with Crippen LogP contribution in [0.5, 0.6) is 0 Å². The Labute approximate surface area is 300 Å². The third-order valence-electron chi connectivity index (χ3n) is 8.47. The normalized spacial score (nSPS) is 14.4. The second kappa shape index (κ2) is 17.9. The first-order valence-electron chi connectivity index (χ1n) is 17.4. The van der Waals surface area contributed by atoms with Crippen LogP contribution in [0.2, 0.25) is 0 Å². The number of carbonyl (C=O) groups is 3. The maximum absolute atomic E-state index is 13.4. The summed E-state index contributed by atoms with van der Waals surface area (Å²) in [6.07, 6.45) is 0.0962. The first-order valence-corrected chi connectivity index (χ1v) is 17.4. The topological polar surface area (TPSA) is 109 Å². The van der Waals surface area contributed by atoms with Crippen molar-refractivity contribution in [2.24, 2.45) is 0 Å². The van der Waals surface area contributed by atoms with Crippen molar-refractivity contribution >= 4 is 24.0 Å². The van der Waals surface area contributed by atoms with Gasteiger partial charge in [0.1, 0.15) is 18.8 Å². The molecule has 1 aliphatic heterocycles. The number of nitrogens with one attached hydrogen (secondary N) is 2. The predicted molar refractivity (Wildman–Crippen MR) is 197 cm³/mol. The lowest BCUT2D eigenvalue weighted by Gasteiger charge is -2.43. The minimum absolute atomic E-state index is 0.223. The molecule has 1 aliphatic rings. The summed E-state index contributed by atoms with van der Waals surface area (Å²) in [6.45, 7) is 8.77. The lowest BCUT2D eigenvalue weighted by atomic mass is 9.99. The molecular formula is C41H48N4O6. The molecule has 268 valence electrons. The molecule has 0 bridgehead atoms. The molecule has 0 aromatic heterocycles. The lowest BCUT2D eigenvalue weighted by molar-refractivity contribution is 0.0137. The van der Waals surface area contributed by atoms with E-state index in [9.17, 15) is 14.4 Å². The largest absolute Gasteiger partial charge is 0.445 e. The molecule has 0 spiro atoms. The maximum Gasteiger partial charge on any atom is 0.410 e. The molecule has 3 amide bonds. The van der Waals surface area contributed by atoms with Gasteiger partial charge in [-0.1, -0.05) is 97.1 Å². The third-order valence-corrected chi connectivity index (χ3v) is 8.47. The van der Waals surface area contributed by atoms with E-state index in [1.54, 1.807) is 0 Å². The van der Waals surface area contributed by atoms with Crippen molar-refractivity contribution in [3.05, 3.63) is 137 Å². The van der Waals surface area contributed by atoms with Crippen molar-refractivity contribution in [1.29, 1.82) is 0 Å². The summed E-state index contributed by atoms with van der Waals surface area (Å²) in [4.78, 5) is 41.7. The van der Waals surface area contributed by atoms with E-state index in [-0.39, 0.29) is 25.3 Å². The molecule has 1 saturated heterocycles. The number of rotatable bonds is 12. The minimum atomic E-state index is -0.610. The summed E-state index contributed by atoms with van der Waals surface area (Å²) in [5.41, 5.74) is 5.49. The highest BCUT2D eigenvalue weighted by molar-refractivity contribution is 5.70. The summed E-state index contributed by atoms with van der Waals surface area (Å²) in [5.74, 6) is 0. The van der Waals surface area contributed by atoms with Crippen LogP contribution in [-0.4, -0.2) is 61.5 Å². The van der Waals surface area contributed by atoms with E-state index in [4.69, 9.17) is 14.2 Å². The zero-order chi connectivity index (χ0) is 36.1.